The molecule has 0 spiro atoms. The highest BCUT2D eigenvalue weighted by Gasteiger charge is 2.23. The molecule has 2 aromatic carbocycles. The van der Waals surface area contributed by atoms with Gasteiger partial charge in [0, 0.05) is 48.9 Å². The Morgan fingerprint density at radius 3 is 2.12 bits per heavy atom. The Morgan fingerprint density at radius 1 is 0.805 bits per heavy atom. The monoisotopic (exact) mass is 571 g/mol. The third-order valence-electron chi connectivity index (χ3n) is 6.94. The van der Waals surface area contributed by atoms with Crippen LogP contribution in [0.2, 0.25) is 0 Å². The van der Waals surface area contributed by atoms with Gasteiger partial charge in [0.05, 0.1) is 18.8 Å². The number of rotatable bonds is 16. The predicted molar refractivity (Wildman–Crippen MR) is 181 cm³/mol. The van der Waals surface area contributed by atoms with Crippen LogP contribution in [0.25, 0.3) is 17.0 Å². The SMILES string of the molecule is CN(C)CCCN(CCCN(C)C)c1cc(/C=C/N(C)c2ccccc2S)c2ccccc2[n+]1C/C=C\C=C/C=N. The number of aromatic nitrogens is 1. The second-order valence-electron chi connectivity index (χ2n) is 10.8. The number of nitrogens with one attached hydrogen (secondary N) is 1. The van der Waals surface area contributed by atoms with E-state index in [4.69, 9.17) is 5.41 Å². The van der Waals surface area contributed by atoms with Gasteiger partial charge in [-0.25, -0.2) is 4.57 Å². The lowest BCUT2D eigenvalue weighted by molar-refractivity contribution is -0.648. The zero-order valence-electron chi connectivity index (χ0n) is 25.4. The molecule has 0 atom stereocenters. The molecule has 0 unspecified atom stereocenters. The van der Waals surface area contributed by atoms with Crippen molar-refractivity contribution >= 4 is 47.3 Å². The number of nitrogens with zero attached hydrogens (tertiary/aromatic N) is 5. The number of fused-ring (bicyclic) bond motifs is 1. The van der Waals surface area contributed by atoms with Gasteiger partial charge in [-0.15, -0.1) is 12.6 Å². The Kier molecular flexibility index (Phi) is 13.1. The third-order valence-corrected chi connectivity index (χ3v) is 7.32. The van der Waals surface area contributed by atoms with Crippen LogP contribution in [0.3, 0.4) is 0 Å². The first-order chi connectivity index (χ1) is 19.8. The first-order valence-electron chi connectivity index (χ1n) is 14.3. The van der Waals surface area contributed by atoms with Gasteiger partial charge in [0.1, 0.15) is 12.1 Å². The summed E-state index contributed by atoms with van der Waals surface area (Å²) in [6.45, 7) is 4.81. The van der Waals surface area contributed by atoms with Crippen molar-refractivity contribution < 1.29 is 4.57 Å². The average Bonchev–Trinajstić information content (AvgIpc) is 2.95. The Labute approximate surface area is 252 Å². The zero-order chi connectivity index (χ0) is 29.6. The lowest BCUT2D eigenvalue weighted by Gasteiger charge is -2.23. The van der Waals surface area contributed by atoms with Gasteiger partial charge >= 0.3 is 0 Å². The Hall–Kier alpha value is -3.39. The fourth-order valence-electron chi connectivity index (χ4n) is 4.86. The van der Waals surface area contributed by atoms with Crippen LogP contribution in [0.5, 0.6) is 0 Å². The fraction of sp³-hybridized carbons (Fsp3) is 0.353. The van der Waals surface area contributed by atoms with E-state index in [9.17, 15) is 0 Å². The predicted octanol–water partition coefficient (Wildman–Crippen LogP) is 5.99. The summed E-state index contributed by atoms with van der Waals surface area (Å²) < 4.78 is 2.43. The molecule has 0 radical (unpaired) electrons. The maximum Gasteiger partial charge on any atom is 0.277 e. The summed E-state index contributed by atoms with van der Waals surface area (Å²) in [4.78, 5) is 10.2. The molecule has 218 valence electrons. The smallest absolute Gasteiger partial charge is 0.277 e. The summed E-state index contributed by atoms with van der Waals surface area (Å²) in [6.07, 6.45) is 15.7. The minimum atomic E-state index is 0.743. The molecule has 6 nitrogen and oxygen atoms in total. The molecule has 0 aliphatic carbocycles. The Balaban J connectivity index is 2.11. The van der Waals surface area contributed by atoms with Gasteiger partial charge < -0.3 is 20.1 Å². The molecule has 7 heteroatoms. The second-order valence-corrected chi connectivity index (χ2v) is 11.3. The van der Waals surface area contributed by atoms with Crippen LogP contribution in [0, 0.1) is 5.41 Å². The highest BCUT2D eigenvalue weighted by Crippen LogP contribution is 2.26. The molecule has 3 aromatic rings. The Morgan fingerprint density at radius 2 is 1.46 bits per heavy atom. The number of hydrogen-bond acceptors (Lipinski definition) is 6. The summed E-state index contributed by atoms with van der Waals surface area (Å²) in [7, 11) is 10.6. The molecule has 0 amide bonds. The molecule has 3 rings (SSSR count). The molecule has 0 aliphatic rings. The maximum absolute atomic E-state index is 7.27. The average molecular weight is 572 g/mol. The largest absolute Gasteiger partial charge is 0.350 e. The van der Waals surface area contributed by atoms with Crippen LogP contribution in [-0.2, 0) is 6.54 Å². The summed E-state index contributed by atoms with van der Waals surface area (Å²) in [5.41, 5.74) is 3.46. The summed E-state index contributed by atoms with van der Waals surface area (Å²) >= 11 is 4.66. The number of anilines is 2. The Bertz CT molecular complexity index is 1330. The fourth-order valence-corrected chi connectivity index (χ4v) is 5.18. The van der Waals surface area contributed by atoms with Crippen LogP contribution in [-0.4, -0.2) is 77.4 Å². The number of benzene rings is 2. The van der Waals surface area contributed by atoms with Crippen molar-refractivity contribution in [2.24, 2.45) is 0 Å². The maximum atomic E-state index is 7.27. The quantitative estimate of drug-likeness (QED) is 0.0959. The van der Waals surface area contributed by atoms with Crippen molar-refractivity contribution in [3.63, 3.8) is 0 Å². The molecule has 0 saturated carbocycles. The highest BCUT2D eigenvalue weighted by atomic mass is 32.1. The first kappa shape index (κ1) is 32.1. The van der Waals surface area contributed by atoms with Crippen LogP contribution >= 0.6 is 12.6 Å². The van der Waals surface area contributed by atoms with E-state index < -0.39 is 0 Å². The molecule has 0 saturated heterocycles. The minimum absolute atomic E-state index is 0.743. The van der Waals surface area contributed by atoms with Gasteiger partial charge in [-0.2, -0.15) is 0 Å². The molecule has 0 aliphatic heterocycles. The van der Waals surface area contributed by atoms with E-state index in [1.807, 2.05) is 30.4 Å². The standard InChI is InChI=1S/C34H46N6S/c1-36(2)22-14-24-39(25-15-23-37(3)4)34-28-29(20-27-38(5)32-18-10-11-19-33(32)41)30-16-8-9-17-31(30)40(34)26-13-7-6-12-21-35/h6-13,16-21,27-28,35H,14-15,22-26H2,1-5H3/p+1/b12-6-,13-7-,35-21?. The van der Waals surface area contributed by atoms with E-state index in [2.05, 4.69) is 127 Å². The number of pyridine rings is 1. The van der Waals surface area contributed by atoms with Crippen LogP contribution in [0.1, 0.15) is 18.4 Å². The van der Waals surface area contributed by atoms with Crippen molar-refractivity contribution in [1.82, 2.24) is 9.80 Å². The van der Waals surface area contributed by atoms with Gasteiger partial charge in [-0.1, -0.05) is 42.5 Å². The second kappa shape index (κ2) is 16.8. The van der Waals surface area contributed by atoms with Gasteiger partial charge in [0.25, 0.3) is 5.82 Å². The zero-order valence-corrected chi connectivity index (χ0v) is 26.3. The van der Waals surface area contributed by atoms with Crippen LogP contribution in [0.4, 0.5) is 11.5 Å². The van der Waals surface area contributed by atoms with E-state index in [1.54, 1.807) is 6.08 Å². The van der Waals surface area contributed by atoms with Crippen molar-refractivity contribution in [3.8, 4) is 0 Å². The van der Waals surface area contributed by atoms with E-state index in [1.165, 1.54) is 28.5 Å². The lowest BCUT2D eigenvalue weighted by Crippen LogP contribution is -2.44. The van der Waals surface area contributed by atoms with E-state index >= 15 is 0 Å². The molecule has 1 heterocycles. The number of allylic oxidation sites excluding steroid dienone is 4. The molecule has 0 fully saturated rings. The topological polar surface area (TPSA) is 40.7 Å². The van der Waals surface area contributed by atoms with Gasteiger partial charge in [0.15, 0.2) is 0 Å². The van der Waals surface area contributed by atoms with Gasteiger partial charge in [0.2, 0.25) is 0 Å². The van der Waals surface area contributed by atoms with E-state index in [0.717, 1.165) is 56.1 Å². The highest BCUT2D eigenvalue weighted by molar-refractivity contribution is 7.80. The van der Waals surface area contributed by atoms with Crippen molar-refractivity contribution in [1.29, 1.82) is 5.41 Å². The first-order valence-corrected chi connectivity index (χ1v) is 14.8. The normalized spacial score (nSPS) is 12.1. The van der Waals surface area contributed by atoms with Crippen LogP contribution < -0.4 is 14.4 Å². The van der Waals surface area contributed by atoms with Crippen molar-refractivity contribution in [3.05, 3.63) is 90.7 Å². The summed E-state index contributed by atoms with van der Waals surface area (Å²) in [6, 6.07) is 19.2. The van der Waals surface area contributed by atoms with Gasteiger partial charge in [-0.3, -0.25) is 4.90 Å². The third kappa shape index (κ3) is 9.88. The van der Waals surface area contributed by atoms with E-state index in [-0.39, 0.29) is 0 Å². The molecule has 1 aromatic heterocycles. The number of thiol groups is 1. The minimum Gasteiger partial charge on any atom is -0.350 e. The number of hydrogen-bond donors (Lipinski definition) is 2. The van der Waals surface area contributed by atoms with Gasteiger partial charge in [-0.05, 0) is 83.0 Å². The van der Waals surface area contributed by atoms with Crippen molar-refractivity contribution in [2.45, 2.75) is 24.3 Å². The molecule has 1 N–H and O–H groups in total. The van der Waals surface area contributed by atoms with Crippen LogP contribution in [0.15, 0.2) is 90.0 Å². The summed E-state index contributed by atoms with van der Waals surface area (Å²) in [5.74, 6) is 1.22. The molecular weight excluding hydrogens is 524 g/mol. The van der Waals surface area contributed by atoms with E-state index in [0.29, 0.717) is 0 Å². The molecular formula is C34H47N6S+. The molecule has 41 heavy (non-hydrogen) atoms. The summed E-state index contributed by atoms with van der Waals surface area (Å²) in [5, 5.41) is 8.48. The van der Waals surface area contributed by atoms with Crippen molar-refractivity contribution in [2.75, 3.05) is 71.2 Å². The molecule has 0 bridgehead atoms. The lowest BCUT2D eigenvalue weighted by atomic mass is 10.1. The number of para-hydroxylation sites is 2.